The summed E-state index contributed by atoms with van der Waals surface area (Å²) < 4.78 is 35.9. The van der Waals surface area contributed by atoms with Crippen LogP contribution in [0.4, 0.5) is 0 Å². The number of nitrogens with zero attached hydrogens (tertiary/aromatic N) is 1. The molecular weight excluding hydrogens is 304 g/mol. The Balaban J connectivity index is 1.96. The van der Waals surface area contributed by atoms with Crippen molar-refractivity contribution >= 4 is 10.0 Å². The molecule has 0 spiro atoms. The van der Waals surface area contributed by atoms with Gasteiger partial charge in [0.1, 0.15) is 6.54 Å². The summed E-state index contributed by atoms with van der Waals surface area (Å²) in [6, 6.07) is 5.93. The molecule has 0 radical (unpaired) electrons. The zero-order valence-electron chi connectivity index (χ0n) is 13.5. The third-order valence-electron chi connectivity index (χ3n) is 4.09. The Morgan fingerprint density at radius 3 is 2.32 bits per heavy atom. The van der Waals surface area contributed by atoms with E-state index in [1.807, 2.05) is 18.2 Å². The molecule has 0 aromatic heterocycles. The van der Waals surface area contributed by atoms with Gasteiger partial charge in [0.05, 0.1) is 46.2 Å². The van der Waals surface area contributed by atoms with Crippen molar-refractivity contribution in [3.8, 4) is 11.5 Å². The molecule has 7 heteroatoms. The van der Waals surface area contributed by atoms with Crippen molar-refractivity contribution < 1.29 is 22.8 Å². The Kier molecular flexibility index (Phi) is 5.66. The Bertz CT molecular complexity index is 596. The highest BCUT2D eigenvalue weighted by Gasteiger charge is 2.27. The lowest BCUT2D eigenvalue weighted by atomic mass is 10.1. The minimum absolute atomic E-state index is 0.179. The van der Waals surface area contributed by atoms with Gasteiger partial charge in [-0.2, -0.15) is 4.31 Å². The van der Waals surface area contributed by atoms with Gasteiger partial charge < -0.3 is 14.4 Å². The zero-order chi connectivity index (χ0) is 16.2. The van der Waals surface area contributed by atoms with Gasteiger partial charge in [-0.25, -0.2) is 8.42 Å². The predicted octanol–water partition coefficient (Wildman–Crippen LogP) is -0.246. The van der Waals surface area contributed by atoms with E-state index in [-0.39, 0.29) is 5.75 Å². The van der Waals surface area contributed by atoms with Crippen molar-refractivity contribution in [1.29, 1.82) is 0 Å². The summed E-state index contributed by atoms with van der Waals surface area (Å²) in [7, 11) is 0.195. The number of methoxy groups -OCH3 is 2. The standard InChI is InChI=1S/C15H24N2O4S/c1-4-22(18,19)17-9-7-16(8-10-17)12-13-5-6-14(20-2)15(11-13)21-3/h5-6,11H,4,7-10,12H2,1-3H3/p+1. The minimum atomic E-state index is -3.05. The molecule has 1 aromatic rings. The Hall–Kier alpha value is -1.31. The lowest BCUT2D eigenvalue weighted by Crippen LogP contribution is -3.13. The van der Waals surface area contributed by atoms with Crippen LogP contribution >= 0.6 is 0 Å². The van der Waals surface area contributed by atoms with Gasteiger partial charge >= 0.3 is 0 Å². The van der Waals surface area contributed by atoms with E-state index in [4.69, 9.17) is 9.47 Å². The lowest BCUT2D eigenvalue weighted by Gasteiger charge is -2.31. The molecule has 1 aliphatic heterocycles. The fourth-order valence-corrected chi connectivity index (χ4v) is 3.82. The molecule has 1 N–H and O–H groups in total. The van der Waals surface area contributed by atoms with Crippen LogP contribution in [0, 0.1) is 0 Å². The summed E-state index contributed by atoms with van der Waals surface area (Å²) in [6.45, 7) is 5.40. The summed E-state index contributed by atoms with van der Waals surface area (Å²) >= 11 is 0. The van der Waals surface area contributed by atoms with Gasteiger partial charge in [0.2, 0.25) is 10.0 Å². The van der Waals surface area contributed by atoms with Crippen molar-refractivity contribution in [3.05, 3.63) is 23.8 Å². The number of hydrogen-bond donors (Lipinski definition) is 1. The molecule has 124 valence electrons. The van der Waals surface area contributed by atoms with Crippen LogP contribution in [0.5, 0.6) is 11.5 Å². The molecule has 0 amide bonds. The molecule has 0 atom stereocenters. The van der Waals surface area contributed by atoms with E-state index in [1.54, 1.807) is 25.4 Å². The van der Waals surface area contributed by atoms with Gasteiger partial charge in [-0.15, -0.1) is 0 Å². The largest absolute Gasteiger partial charge is 0.493 e. The Morgan fingerprint density at radius 1 is 1.14 bits per heavy atom. The average Bonchev–Trinajstić information content (AvgIpc) is 2.55. The lowest BCUT2D eigenvalue weighted by molar-refractivity contribution is -0.917. The Labute approximate surface area is 132 Å². The number of quaternary nitrogens is 1. The van der Waals surface area contributed by atoms with Crippen LogP contribution in [-0.4, -0.2) is 58.9 Å². The molecule has 1 aliphatic rings. The second-order valence-electron chi connectivity index (χ2n) is 5.42. The predicted molar refractivity (Wildman–Crippen MR) is 85.0 cm³/mol. The second kappa shape index (κ2) is 7.30. The van der Waals surface area contributed by atoms with Crippen LogP contribution in [0.2, 0.25) is 0 Å². The summed E-state index contributed by atoms with van der Waals surface area (Å²) in [4.78, 5) is 1.38. The van der Waals surface area contributed by atoms with E-state index in [9.17, 15) is 8.42 Å². The average molecular weight is 329 g/mol. The maximum atomic E-state index is 11.9. The molecule has 0 bridgehead atoms. The van der Waals surface area contributed by atoms with Crippen LogP contribution in [0.25, 0.3) is 0 Å². The first-order chi connectivity index (χ1) is 10.5. The maximum absolute atomic E-state index is 11.9. The molecule has 2 rings (SSSR count). The van der Waals surface area contributed by atoms with E-state index >= 15 is 0 Å². The van der Waals surface area contributed by atoms with E-state index in [0.717, 1.165) is 31.1 Å². The van der Waals surface area contributed by atoms with Gasteiger partial charge in [-0.3, -0.25) is 0 Å². The summed E-state index contributed by atoms with van der Waals surface area (Å²) in [5.41, 5.74) is 1.17. The van der Waals surface area contributed by atoms with Crippen LogP contribution in [-0.2, 0) is 16.6 Å². The number of rotatable bonds is 6. The van der Waals surface area contributed by atoms with Crippen molar-refractivity contribution in [1.82, 2.24) is 4.31 Å². The van der Waals surface area contributed by atoms with Gasteiger partial charge in [-0.05, 0) is 25.1 Å². The van der Waals surface area contributed by atoms with Gasteiger partial charge in [0.15, 0.2) is 11.5 Å². The minimum Gasteiger partial charge on any atom is -0.493 e. The molecule has 1 fully saturated rings. The third-order valence-corrected chi connectivity index (χ3v) is 5.97. The van der Waals surface area contributed by atoms with Crippen molar-refractivity contribution in [3.63, 3.8) is 0 Å². The molecule has 1 saturated heterocycles. The quantitative estimate of drug-likeness (QED) is 0.782. The first-order valence-electron chi connectivity index (χ1n) is 7.52. The van der Waals surface area contributed by atoms with Crippen molar-refractivity contribution in [2.45, 2.75) is 13.5 Å². The van der Waals surface area contributed by atoms with Gasteiger partial charge in [0, 0.05) is 5.56 Å². The molecule has 0 aliphatic carbocycles. The fraction of sp³-hybridized carbons (Fsp3) is 0.600. The molecule has 0 saturated carbocycles. The molecule has 0 unspecified atom stereocenters. The van der Waals surface area contributed by atoms with E-state index < -0.39 is 10.0 Å². The highest BCUT2D eigenvalue weighted by atomic mass is 32.2. The summed E-state index contributed by atoms with van der Waals surface area (Å²) in [5, 5.41) is 0. The molecule has 22 heavy (non-hydrogen) atoms. The zero-order valence-corrected chi connectivity index (χ0v) is 14.3. The molecule has 1 aromatic carbocycles. The van der Waals surface area contributed by atoms with E-state index in [1.165, 1.54) is 10.5 Å². The summed E-state index contributed by atoms with van der Waals surface area (Å²) in [6.07, 6.45) is 0. The monoisotopic (exact) mass is 329 g/mol. The highest BCUT2D eigenvalue weighted by Crippen LogP contribution is 2.27. The van der Waals surface area contributed by atoms with Crippen molar-refractivity contribution in [2.75, 3.05) is 46.2 Å². The topological polar surface area (TPSA) is 60.3 Å². The number of hydrogen-bond acceptors (Lipinski definition) is 4. The van der Waals surface area contributed by atoms with E-state index in [2.05, 4.69) is 0 Å². The SMILES string of the molecule is CCS(=O)(=O)N1CC[NH+](Cc2ccc(OC)c(OC)c2)CC1. The molecular formula is C15H25N2O4S+. The maximum Gasteiger partial charge on any atom is 0.214 e. The van der Waals surface area contributed by atoms with Crippen molar-refractivity contribution in [2.24, 2.45) is 0 Å². The Morgan fingerprint density at radius 2 is 1.77 bits per heavy atom. The molecule has 1 heterocycles. The van der Waals surface area contributed by atoms with Gasteiger partial charge in [-0.1, -0.05) is 0 Å². The van der Waals surface area contributed by atoms with Crippen LogP contribution in [0.3, 0.4) is 0 Å². The first kappa shape index (κ1) is 17.1. The van der Waals surface area contributed by atoms with Crippen LogP contribution in [0.1, 0.15) is 12.5 Å². The van der Waals surface area contributed by atoms with Gasteiger partial charge in [0.25, 0.3) is 0 Å². The third kappa shape index (κ3) is 3.91. The second-order valence-corrected chi connectivity index (χ2v) is 7.67. The molecule has 6 nitrogen and oxygen atoms in total. The smallest absolute Gasteiger partial charge is 0.214 e. The highest BCUT2D eigenvalue weighted by molar-refractivity contribution is 7.89. The summed E-state index contributed by atoms with van der Waals surface area (Å²) in [5.74, 6) is 1.63. The number of piperazine rings is 1. The first-order valence-corrected chi connectivity index (χ1v) is 9.13. The normalized spacial score (nSPS) is 17.4. The van der Waals surface area contributed by atoms with Crippen LogP contribution < -0.4 is 14.4 Å². The number of sulfonamides is 1. The fourth-order valence-electron chi connectivity index (χ4n) is 2.72. The number of nitrogens with one attached hydrogen (secondary N) is 1. The number of benzene rings is 1. The van der Waals surface area contributed by atoms with Crippen LogP contribution in [0.15, 0.2) is 18.2 Å². The van der Waals surface area contributed by atoms with E-state index in [0.29, 0.717) is 13.1 Å². The number of ether oxygens (including phenoxy) is 2.